The van der Waals surface area contributed by atoms with Crippen LogP contribution in [0, 0.1) is 0 Å². The fraction of sp³-hybridized carbons (Fsp3) is 0.417. The van der Waals surface area contributed by atoms with Crippen LogP contribution in [0.25, 0.3) is 0 Å². The molecule has 0 radical (unpaired) electrons. The van der Waals surface area contributed by atoms with E-state index in [9.17, 15) is 4.79 Å². The summed E-state index contributed by atoms with van der Waals surface area (Å²) in [6.45, 7) is 2.51. The minimum atomic E-state index is 0.161. The van der Waals surface area contributed by atoms with Gasteiger partial charge in [-0.05, 0) is 30.5 Å². The molecule has 0 bridgehead atoms. The van der Waals surface area contributed by atoms with Crippen LogP contribution in [0.3, 0.4) is 0 Å². The number of hydrogen-bond acceptors (Lipinski definition) is 2. The van der Waals surface area contributed by atoms with Gasteiger partial charge in [-0.2, -0.15) is 0 Å². The Kier molecular flexibility index (Phi) is 2.62. The third kappa shape index (κ3) is 1.96. The van der Waals surface area contributed by atoms with Gasteiger partial charge in [0.25, 0.3) is 0 Å². The third-order valence-electron chi connectivity index (χ3n) is 2.98. The lowest BCUT2D eigenvalue weighted by molar-refractivity contribution is -0.129. The van der Waals surface area contributed by atoms with E-state index in [4.69, 9.17) is 5.73 Å². The Bertz CT molecular complexity index is 358. The first kappa shape index (κ1) is 10.0. The van der Waals surface area contributed by atoms with Crippen LogP contribution in [0.15, 0.2) is 24.3 Å². The van der Waals surface area contributed by atoms with Crippen LogP contribution < -0.4 is 5.73 Å². The molecule has 2 N–H and O–H groups in total. The van der Waals surface area contributed by atoms with Gasteiger partial charge in [0.05, 0.1) is 6.04 Å². The molecule has 1 atom stereocenters. The Morgan fingerprint density at radius 2 is 2.07 bits per heavy atom. The number of amides is 1. The quantitative estimate of drug-likeness (QED) is 0.711. The molecule has 0 saturated carbocycles. The molecule has 1 unspecified atom stereocenters. The molecular weight excluding hydrogens is 188 g/mol. The topological polar surface area (TPSA) is 46.3 Å². The van der Waals surface area contributed by atoms with Crippen molar-refractivity contribution in [1.29, 1.82) is 0 Å². The molecule has 0 spiro atoms. The van der Waals surface area contributed by atoms with Crippen molar-refractivity contribution in [2.75, 3.05) is 12.3 Å². The van der Waals surface area contributed by atoms with Gasteiger partial charge < -0.3 is 10.6 Å². The largest absolute Gasteiger partial charge is 0.399 e. The summed E-state index contributed by atoms with van der Waals surface area (Å²) in [4.78, 5) is 13.3. The Morgan fingerprint density at radius 1 is 1.40 bits per heavy atom. The molecule has 1 aliphatic rings. The Hall–Kier alpha value is -1.51. The summed E-state index contributed by atoms with van der Waals surface area (Å²) in [5.74, 6) is 0.161. The average molecular weight is 204 g/mol. The van der Waals surface area contributed by atoms with E-state index in [1.54, 1.807) is 6.92 Å². The summed E-state index contributed by atoms with van der Waals surface area (Å²) in [5.41, 5.74) is 7.60. The van der Waals surface area contributed by atoms with E-state index in [1.165, 1.54) is 5.56 Å². The number of carbonyl (C=O) groups excluding carboxylic acids is 1. The maximum atomic E-state index is 11.4. The number of benzene rings is 1. The highest BCUT2D eigenvalue weighted by molar-refractivity contribution is 5.74. The van der Waals surface area contributed by atoms with Crippen molar-refractivity contribution in [2.45, 2.75) is 25.8 Å². The second kappa shape index (κ2) is 3.93. The van der Waals surface area contributed by atoms with Crippen LogP contribution in [-0.2, 0) is 4.79 Å². The molecule has 1 aromatic carbocycles. The van der Waals surface area contributed by atoms with Gasteiger partial charge in [-0.15, -0.1) is 0 Å². The first-order chi connectivity index (χ1) is 7.18. The van der Waals surface area contributed by atoms with Gasteiger partial charge in [-0.1, -0.05) is 12.1 Å². The maximum absolute atomic E-state index is 11.4. The van der Waals surface area contributed by atoms with Crippen molar-refractivity contribution in [1.82, 2.24) is 4.90 Å². The molecule has 3 nitrogen and oxygen atoms in total. The summed E-state index contributed by atoms with van der Waals surface area (Å²) >= 11 is 0. The number of carbonyl (C=O) groups is 1. The highest BCUT2D eigenvalue weighted by Crippen LogP contribution is 2.31. The standard InChI is InChI=1S/C12H16N2O/c1-9(15)14-8-2-3-12(14)10-4-6-11(13)7-5-10/h4-7,12H,2-3,8,13H2,1H3. The number of nitrogens with two attached hydrogens (primary N) is 1. The number of hydrogen-bond donors (Lipinski definition) is 1. The minimum Gasteiger partial charge on any atom is -0.399 e. The lowest BCUT2D eigenvalue weighted by Gasteiger charge is -2.23. The Balaban J connectivity index is 2.22. The zero-order chi connectivity index (χ0) is 10.8. The van der Waals surface area contributed by atoms with Crippen molar-refractivity contribution in [2.24, 2.45) is 0 Å². The van der Waals surface area contributed by atoms with Gasteiger partial charge >= 0.3 is 0 Å². The molecule has 3 heteroatoms. The van der Waals surface area contributed by atoms with Gasteiger partial charge in [-0.25, -0.2) is 0 Å². The van der Waals surface area contributed by atoms with E-state index in [0.29, 0.717) is 0 Å². The molecular formula is C12H16N2O. The molecule has 1 aliphatic heterocycles. The van der Waals surface area contributed by atoms with E-state index in [1.807, 2.05) is 29.2 Å². The lowest BCUT2D eigenvalue weighted by atomic mass is 10.0. The van der Waals surface area contributed by atoms with E-state index >= 15 is 0 Å². The normalized spacial score (nSPS) is 20.6. The van der Waals surface area contributed by atoms with Crippen LogP contribution in [0.4, 0.5) is 5.69 Å². The number of nitrogens with zero attached hydrogens (tertiary/aromatic N) is 1. The van der Waals surface area contributed by atoms with Gasteiger partial charge in [0.2, 0.25) is 5.91 Å². The fourth-order valence-corrected chi connectivity index (χ4v) is 2.21. The van der Waals surface area contributed by atoms with Crippen molar-refractivity contribution < 1.29 is 4.79 Å². The Morgan fingerprint density at radius 3 is 2.67 bits per heavy atom. The zero-order valence-corrected chi connectivity index (χ0v) is 8.94. The van der Waals surface area contributed by atoms with Crippen LogP contribution in [-0.4, -0.2) is 17.4 Å². The van der Waals surface area contributed by atoms with Crippen LogP contribution in [0.1, 0.15) is 31.4 Å². The summed E-state index contributed by atoms with van der Waals surface area (Å²) in [6, 6.07) is 8.07. The molecule has 0 aliphatic carbocycles. The third-order valence-corrected chi connectivity index (χ3v) is 2.98. The van der Waals surface area contributed by atoms with Crippen molar-refractivity contribution in [3.8, 4) is 0 Å². The second-order valence-corrected chi connectivity index (χ2v) is 4.04. The van der Waals surface area contributed by atoms with Crippen LogP contribution in [0.2, 0.25) is 0 Å². The minimum absolute atomic E-state index is 0.161. The van der Waals surface area contributed by atoms with Gasteiger partial charge in [0, 0.05) is 19.2 Å². The zero-order valence-electron chi connectivity index (χ0n) is 8.94. The van der Waals surface area contributed by atoms with E-state index in [2.05, 4.69) is 0 Å². The van der Waals surface area contributed by atoms with Crippen LogP contribution >= 0.6 is 0 Å². The van der Waals surface area contributed by atoms with E-state index in [0.717, 1.165) is 25.1 Å². The molecule has 2 rings (SSSR count). The fourth-order valence-electron chi connectivity index (χ4n) is 2.21. The predicted molar refractivity (Wildman–Crippen MR) is 60.2 cm³/mol. The number of nitrogen functional groups attached to an aromatic ring is 1. The summed E-state index contributed by atoms with van der Waals surface area (Å²) in [5, 5.41) is 0. The second-order valence-electron chi connectivity index (χ2n) is 4.04. The van der Waals surface area contributed by atoms with Gasteiger partial charge in [-0.3, -0.25) is 4.79 Å². The predicted octanol–water partition coefficient (Wildman–Crippen LogP) is 1.95. The Labute approximate surface area is 89.9 Å². The number of likely N-dealkylation sites (tertiary alicyclic amines) is 1. The highest BCUT2D eigenvalue weighted by Gasteiger charge is 2.27. The molecule has 1 fully saturated rings. The molecule has 15 heavy (non-hydrogen) atoms. The molecule has 1 saturated heterocycles. The van der Waals surface area contributed by atoms with Crippen molar-refractivity contribution in [3.63, 3.8) is 0 Å². The number of anilines is 1. The van der Waals surface area contributed by atoms with Gasteiger partial charge in [0.1, 0.15) is 0 Å². The smallest absolute Gasteiger partial charge is 0.219 e. The molecule has 80 valence electrons. The SMILES string of the molecule is CC(=O)N1CCCC1c1ccc(N)cc1. The first-order valence-electron chi connectivity index (χ1n) is 5.31. The lowest BCUT2D eigenvalue weighted by Crippen LogP contribution is -2.27. The monoisotopic (exact) mass is 204 g/mol. The van der Waals surface area contributed by atoms with Crippen LogP contribution in [0.5, 0.6) is 0 Å². The number of rotatable bonds is 1. The molecule has 1 amide bonds. The summed E-state index contributed by atoms with van der Waals surface area (Å²) in [6.07, 6.45) is 2.15. The van der Waals surface area contributed by atoms with Crippen molar-refractivity contribution in [3.05, 3.63) is 29.8 Å². The molecule has 1 aromatic rings. The maximum Gasteiger partial charge on any atom is 0.219 e. The van der Waals surface area contributed by atoms with Gasteiger partial charge in [0.15, 0.2) is 0 Å². The van der Waals surface area contributed by atoms with E-state index < -0.39 is 0 Å². The van der Waals surface area contributed by atoms with Crippen molar-refractivity contribution >= 4 is 11.6 Å². The van der Waals surface area contributed by atoms with E-state index in [-0.39, 0.29) is 11.9 Å². The molecule has 0 aromatic heterocycles. The summed E-state index contributed by atoms with van der Waals surface area (Å²) < 4.78 is 0. The summed E-state index contributed by atoms with van der Waals surface area (Å²) in [7, 11) is 0. The molecule has 1 heterocycles. The highest BCUT2D eigenvalue weighted by atomic mass is 16.2. The average Bonchev–Trinajstić information content (AvgIpc) is 2.67. The first-order valence-corrected chi connectivity index (χ1v) is 5.31.